The van der Waals surface area contributed by atoms with Crippen LogP contribution in [0, 0.1) is 10.1 Å². The number of hydrogen-bond acceptors (Lipinski definition) is 13. The van der Waals surface area contributed by atoms with E-state index in [1.165, 1.54) is 44.6 Å². The Hall–Kier alpha value is -5.87. The van der Waals surface area contributed by atoms with Crippen LogP contribution >= 0.6 is 0 Å². The number of benzene rings is 4. The summed E-state index contributed by atoms with van der Waals surface area (Å²) in [6.07, 6.45) is 0. The van der Waals surface area contributed by atoms with Crippen LogP contribution in [0.1, 0.15) is 45.0 Å². The number of nitro benzene ring substituents is 1. The molecule has 16 heteroatoms. The molecule has 53 heavy (non-hydrogen) atoms. The first-order chi connectivity index (χ1) is 25.2. The molecule has 1 saturated heterocycles. The lowest BCUT2D eigenvalue weighted by Gasteiger charge is -2.32. The number of azo groups is 2. The molecule has 1 aliphatic rings. The fraction of sp³-hybridized carbons (Fsp3) is 0.324. The molecule has 0 spiro atoms. The number of anilines is 1. The van der Waals surface area contributed by atoms with Gasteiger partial charge in [-0.2, -0.15) is 10.2 Å². The van der Waals surface area contributed by atoms with E-state index in [1.54, 1.807) is 24.3 Å². The SMILES string of the molecule is CCN(CCOc1cc(B2OC(C)(C)C(C)(C)O2)ccc1C(=O)O)c1ccc(/N=N/c2cc(OC)c(/N=N/c3ccc([N+](=O)[O-])cc3)cc2OC)cc1. The van der Waals surface area contributed by atoms with E-state index < -0.39 is 29.2 Å². The number of carboxylic acid groups (broad SMARTS) is 1. The third-order valence-corrected chi connectivity index (χ3v) is 9.06. The largest absolute Gasteiger partial charge is 0.494 e. The maximum absolute atomic E-state index is 12.0. The van der Waals surface area contributed by atoms with Gasteiger partial charge in [0.25, 0.3) is 5.69 Å². The first-order valence-corrected chi connectivity index (χ1v) is 16.8. The second-order valence-electron chi connectivity index (χ2n) is 13.0. The van der Waals surface area contributed by atoms with Gasteiger partial charge in [0.15, 0.2) is 0 Å². The summed E-state index contributed by atoms with van der Waals surface area (Å²) in [6, 6.07) is 21.3. The molecule has 0 atom stereocenters. The van der Waals surface area contributed by atoms with E-state index in [4.69, 9.17) is 23.5 Å². The van der Waals surface area contributed by atoms with E-state index >= 15 is 0 Å². The molecule has 0 radical (unpaired) electrons. The molecule has 0 saturated carbocycles. The predicted octanol–water partition coefficient (Wildman–Crippen LogP) is 8.35. The van der Waals surface area contributed by atoms with Crippen LogP contribution < -0.4 is 24.6 Å². The Morgan fingerprint density at radius 3 is 1.81 bits per heavy atom. The minimum Gasteiger partial charge on any atom is -0.494 e. The van der Waals surface area contributed by atoms with Gasteiger partial charge in [-0.15, -0.1) is 10.2 Å². The van der Waals surface area contributed by atoms with E-state index in [-0.39, 0.29) is 23.6 Å². The molecule has 4 aromatic carbocycles. The summed E-state index contributed by atoms with van der Waals surface area (Å²) < 4.78 is 29.4. The van der Waals surface area contributed by atoms with Crippen LogP contribution in [-0.2, 0) is 9.31 Å². The highest BCUT2D eigenvalue weighted by atomic mass is 16.7. The Bertz CT molecular complexity index is 1990. The molecule has 0 bridgehead atoms. The van der Waals surface area contributed by atoms with Gasteiger partial charge in [-0.05, 0) is 88.6 Å². The van der Waals surface area contributed by atoms with Gasteiger partial charge in [-0.1, -0.05) is 6.07 Å². The van der Waals surface area contributed by atoms with Crippen LogP contribution in [0.25, 0.3) is 0 Å². The predicted molar refractivity (Wildman–Crippen MR) is 200 cm³/mol. The number of nitrogens with zero attached hydrogens (tertiary/aromatic N) is 6. The summed E-state index contributed by atoms with van der Waals surface area (Å²) in [5.41, 5.74) is 2.31. The molecule has 276 valence electrons. The minimum atomic E-state index is -1.09. The van der Waals surface area contributed by atoms with E-state index in [0.717, 1.165) is 5.69 Å². The number of hydrogen-bond donors (Lipinski definition) is 1. The molecule has 0 unspecified atom stereocenters. The normalized spacial score (nSPS) is 14.8. The Balaban J connectivity index is 1.24. The van der Waals surface area contributed by atoms with Gasteiger partial charge < -0.3 is 33.5 Å². The fourth-order valence-corrected chi connectivity index (χ4v) is 5.31. The summed E-state index contributed by atoms with van der Waals surface area (Å²) in [6.45, 7) is 11.3. The molecule has 15 nitrogen and oxygen atoms in total. The molecule has 0 aromatic heterocycles. The smallest absolute Gasteiger partial charge is 0.494 e. The lowest BCUT2D eigenvalue weighted by Crippen LogP contribution is -2.41. The van der Waals surface area contributed by atoms with Crippen LogP contribution in [0.5, 0.6) is 17.2 Å². The van der Waals surface area contributed by atoms with Gasteiger partial charge in [0.2, 0.25) is 0 Å². The van der Waals surface area contributed by atoms with Crippen molar-refractivity contribution in [2.24, 2.45) is 20.5 Å². The van der Waals surface area contributed by atoms with Crippen molar-refractivity contribution in [2.75, 3.05) is 38.8 Å². The van der Waals surface area contributed by atoms with Crippen molar-refractivity contribution in [1.82, 2.24) is 0 Å². The minimum absolute atomic E-state index is 0.0457. The van der Waals surface area contributed by atoms with Crippen LogP contribution in [0.15, 0.2) is 99.3 Å². The molecule has 0 aliphatic carbocycles. The van der Waals surface area contributed by atoms with Crippen LogP contribution in [0.2, 0.25) is 0 Å². The van der Waals surface area contributed by atoms with Gasteiger partial charge in [-0.3, -0.25) is 10.1 Å². The summed E-state index contributed by atoms with van der Waals surface area (Å²) in [7, 11) is 2.33. The van der Waals surface area contributed by atoms with Crippen LogP contribution in [0.4, 0.5) is 34.1 Å². The first-order valence-electron chi connectivity index (χ1n) is 16.8. The van der Waals surface area contributed by atoms with Gasteiger partial charge in [0, 0.05) is 36.5 Å². The van der Waals surface area contributed by atoms with E-state index in [1.807, 2.05) is 58.9 Å². The van der Waals surface area contributed by atoms with Gasteiger partial charge in [-0.25, -0.2) is 4.79 Å². The number of non-ortho nitro benzene ring substituents is 1. The number of likely N-dealkylation sites (N-methyl/N-ethyl adjacent to an activating group) is 1. The Kier molecular flexibility index (Phi) is 11.7. The van der Waals surface area contributed by atoms with Crippen molar-refractivity contribution in [3.8, 4) is 17.2 Å². The topological polar surface area (TPSA) is 179 Å². The lowest BCUT2D eigenvalue weighted by molar-refractivity contribution is -0.384. The second-order valence-corrected chi connectivity index (χ2v) is 13.0. The maximum atomic E-state index is 12.0. The van der Waals surface area contributed by atoms with Crippen molar-refractivity contribution >= 4 is 52.7 Å². The summed E-state index contributed by atoms with van der Waals surface area (Å²) in [5.74, 6) is -0.0932. The number of aromatic carboxylic acids is 1. The maximum Gasteiger partial charge on any atom is 0.494 e. The zero-order valence-electron chi connectivity index (χ0n) is 30.6. The molecule has 1 heterocycles. The first kappa shape index (κ1) is 38.4. The zero-order valence-corrected chi connectivity index (χ0v) is 30.6. The van der Waals surface area contributed by atoms with Crippen molar-refractivity contribution in [3.63, 3.8) is 0 Å². The number of nitro groups is 1. The van der Waals surface area contributed by atoms with E-state index in [9.17, 15) is 20.0 Å². The number of carbonyl (C=O) groups is 1. The number of methoxy groups -OCH3 is 2. The molecule has 4 aromatic rings. The Morgan fingerprint density at radius 1 is 0.811 bits per heavy atom. The van der Waals surface area contributed by atoms with Crippen LogP contribution in [-0.4, -0.2) is 68.2 Å². The zero-order chi connectivity index (χ0) is 38.3. The third kappa shape index (κ3) is 8.96. The van der Waals surface area contributed by atoms with Crippen LogP contribution in [0.3, 0.4) is 0 Å². The van der Waals surface area contributed by atoms with E-state index in [0.29, 0.717) is 52.8 Å². The highest BCUT2D eigenvalue weighted by Gasteiger charge is 2.51. The molecule has 0 amide bonds. The van der Waals surface area contributed by atoms with Gasteiger partial charge in [0.1, 0.15) is 40.8 Å². The average molecular weight is 725 g/mol. The Labute approximate surface area is 307 Å². The number of carboxylic acids is 1. The highest BCUT2D eigenvalue weighted by Crippen LogP contribution is 2.41. The summed E-state index contributed by atoms with van der Waals surface area (Å²) in [5, 5.41) is 37.9. The highest BCUT2D eigenvalue weighted by molar-refractivity contribution is 6.62. The quantitative estimate of drug-likeness (QED) is 0.0542. The molecular formula is C37H41BN6O9. The van der Waals surface area contributed by atoms with E-state index in [2.05, 4.69) is 25.4 Å². The number of ether oxygens (including phenoxy) is 3. The van der Waals surface area contributed by atoms with Crippen molar-refractivity contribution in [3.05, 3.63) is 94.5 Å². The van der Waals surface area contributed by atoms with Gasteiger partial charge in [0.05, 0.1) is 48.3 Å². The number of rotatable bonds is 15. The van der Waals surface area contributed by atoms with Gasteiger partial charge >= 0.3 is 13.1 Å². The van der Waals surface area contributed by atoms with Crippen molar-refractivity contribution < 1.29 is 38.3 Å². The standard InChI is InChI=1S/C37H41BN6O9/c1-8-43(19-20-51-32-21-24(9-18-29(32)35(45)46)38-52-36(2,3)37(4,5)53-38)27-14-10-25(11-15-27)39-41-30-22-34(50-7)31(23-33(30)49-6)42-40-26-12-16-28(17-13-26)44(47)48/h9-18,21-23H,8,19-20H2,1-7H3,(H,45,46)/b41-39+,42-40+. The average Bonchev–Trinajstić information content (AvgIpc) is 3.37. The molecule has 1 fully saturated rings. The lowest BCUT2D eigenvalue weighted by atomic mass is 9.78. The monoisotopic (exact) mass is 724 g/mol. The fourth-order valence-electron chi connectivity index (χ4n) is 5.31. The summed E-state index contributed by atoms with van der Waals surface area (Å²) in [4.78, 5) is 24.5. The Morgan fingerprint density at radius 2 is 1.34 bits per heavy atom. The third-order valence-electron chi connectivity index (χ3n) is 9.06. The molecule has 1 N–H and O–H groups in total. The van der Waals surface area contributed by atoms with Crippen molar-refractivity contribution in [2.45, 2.75) is 45.8 Å². The second kappa shape index (κ2) is 16.2. The molecule has 5 rings (SSSR count). The summed E-state index contributed by atoms with van der Waals surface area (Å²) >= 11 is 0. The molecule has 1 aliphatic heterocycles. The van der Waals surface area contributed by atoms with Crippen molar-refractivity contribution in [1.29, 1.82) is 0 Å². The molecular weight excluding hydrogens is 683 g/mol.